The summed E-state index contributed by atoms with van der Waals surface area (Å²) in [6.45, 7) is 1.82. The molecule has 1 aromatic rings. The zero-order valence-corrected chi connectivity index (χ0v) is 10.9. The van der Waals surface area contributed by atoms with E-state index >= 15 is 0 Å². The third-order valence-corrected chi connectivity index (χ3v) is 3.98. The van der Waals surface area contributed by atoms with Gasteiger partial charge in [-0.25, -0.2) is 0 Å². The lowest BCUT2D eigenvalue weighted by atomic mass is 10.3. The molecule has 1 aliphatic heterocycles. The van der Waals surface area contributed by atoms with E-state index in [0.717, 1.165) is 10.8 Å². The molecular formula is C9H12N4O2S2. The van der Waals surface area contributed by atoms with E-state index in [-0.39, 0.29) is 11.8 Å². The normalized spacial score (nSPS) is 20.5. The third kappa shape index (κ3) is 3.40. The van der Waals surface area contributed by atoms with Crippen LogP contribution >= 0.6 is 23.1 Å². The number of aromatic nitrogens is 2. The van der Waals surface area contributed by atoms with Gasteiger partial charge in [0.2, 0.25) is 16.9 Å². The van der Waals surface area contributed by atoms with Crippen molar-refractivity contribution in [1.82, 2.24) is 15.5 Å². The quantitative estimate of drug-likeness (QED) is 0.814. The van der Waals surface area contributed by atoms with Crippen molar-refractivity contribution in [3.63, 3.8) is 0 Å². The van der Waals surface area contributed by atoms with Crippen LogP contribution in [0.15, 0.2) is 0 Å². The van der Waals surface area contributed by atoms with Gasteiger partial charge in [-0.15, -0.1) is 10.2 Å². The lowest BCUT2D eigenvalue weighted by Gasteiger charge is -2.13. The Labute approximate surface area is 107 Å². The van der Waals surface area contributed by atoms with E-state index in [1.807, 2.05) is 6.92 Å². The van der Waals surface area contributed by atoms with Gasteiger partial charge in [0, 0.05) is 17.9 Å². The van der Waals surface area contributed by atoms with E-state index in [2.05, 4.69) is 20.8 Å². The maximum atomic E-state index is 11.9. The minimum Gasteiger partial charge on any atom is -0.343 e. The number of hydrogen-bond donors (Lipinski definition) is 2. The fraction of sp³-hybridized carbons (Fsp3) is 0.556. The first-order valence-electron chi connectivity index (χ1n) is 5.13. The topological polar surface area (TPSA) is 84.0 Å². The predicted octanol–water partition coefficient (Wildman–Crippen LogP) is 0.407. The molecule has 2 heterocycles. The van der Waals surface area contributed by atoms with Crippen LogP contribution in [0.2, 0.25) is 0 Å². The molecule has 2 rings (SSSR count). The van der Waals surface area contributed by atoms with Gasteiger partial charge in [-0.05, 0) is 6.92 Å². The number of aryl methyl sites for hydroxylation is 1. The number of thioether (sulfide) groups is 1. The van der Waals surface area contributed by atoms with Gasteiger partial charge in [-0.1, -0.05) is 11.3 Å². The average Bonchev–Trinajstić information content (AvgIpc) is 2.56. The van der Waals surface area contributed by atoms with Crippen LogP contribution in [0.1, 0.15) is 11.4 Å². The molecule has 17 heavy (non-hydrogen) atoms. The predicted molar refractivity (Wildman–Crippen MR) is 67.1 cm³/mol. The number of carbonyl (C=O) groups excluding carboxylic acids is 2. The molecule has 0 aliphatic carbocycles. The first-order chi connectivity index (χ1) is 8.15. The Hall–Kier alpha value is -1.15. The van der Waals surface area contributed by atoms with Gasteiger partial charge in [0.05, 0.1) is 0 Å². The molecular weight excluding hydrogens is 260 g/mol. The van der Waals surface area contributed by atoms with Gasteiger partial charge in [0.15, 0.2) is 0 Å². The Balaban J connectivity index is 1.96. The second-order valence-corrected chi connectivity index (χ2v) is 5.89. The number of hydrogen-bond acceptors (Lipinski definition) is 6. The summed E-state index contributed by atoms with van der Waals surface area (Å²) in [5, 5.41) is 14.2. The highest BCUT2D eigenvalue weighted by Crippen LogP contribution is 2.15. The molecule has 1 saturated heterocycles. The Morgan fingerprint density at radius 1 is 1.53 bits per heavy atom. The number of nitrogens with zero attached hydrogens (tertiary/aromatic N) is 2. The molecule has 2 N–H and O–H groups in total. The molecule has 6 nitrogen and oxygen atoms in total. The van der Waals surface area contributed by atoms with Crippen LogP contribution in [0.25, 0.3) is 0 Å². The number of amides is 2. The van der Waals surface area contributed by atoms with Crippen molar-refractivity contribution in [2.75, 3.05) is 16.8 Å². The summed E-state index contributed by atoms with van der Waals surface area (Å²) in [7, 11) is 0. The zero-order chi connectivity index (χ0) is 12.3. The first-order valence-corrected chi connectivity index (χ1v) is 7.10. The molecule has 0 unspecified atom stereocenters. The Kier molecular flexibility index (Phi) is 3.95. The SMILES string of the molecule is Cc1nnc(NC(=O)[C@@H]2CSCCC(=O)N2)s1. The highest BCUT2D eigenvalue weighted by molar-refractivity contribution is 7.99. The lowest BCUT2D eigenvalue weighted by Crippen LogP contribution is -2.44. The van der Waals surface area contributed by atoms with E-state index in [4.69, 9.17) is 0 Å². The van der Waals surface area contributed by atoms with Crippen LogP contribution in [0.4, 0.5) is 5.13 Å². The molecule has 1 aromatic heterocycles. The van der Waals surface area contributed by atoms with Gasteiger partial charge < -0.3 is 5.32 Å². The monoisotopic (exact) mass is 272 g/mol. The summed E-state index contributed by atoms with van der Waals surface area (Å²) in [5.74, 6) is 1.04. The van der Waals surface area contributed by atoms with Crippen LogP contribution in [0, 0.1) is 6.92 Å². The summed E-state index contributed by atoms with van der Waals surface area (Å²) in [4.78, 5) is 23.2. The van der Waals surface area contributed by atoms with Crippen LogP contribution in [-0.4, -0.2) is 39.6 Å². The van der Waals surface area contributed by atoms with E-state index in [0.29, 0.717) is 17.3 Å². The van der Waals surface area contributed by atoms with Gasteiger partial charge in [0.25, 0.3) is 0 Å². The summed E-state index contributed by atoms with van der Waals surface area (Å²) >= 11 is 2.91. The molecule has 2 amide bonds. The molecule has 1 atom stereocenters. The van der Waals surface area contributed by atoms with E-state index in [1.54, 1.807) is 11.8 Å². The maximum Gasteiger partial charge on any atom is 0.249 e. The van der Waals surface area contributed by atoms with Crippen molar-refractivity contribution in [2.24, 2.45) is 0 Å². The van der Waals surface area contributed by atoms with Crippen LogP contribution in [0.3, 0.4) is 0 Å². The largest absolute Gasteiger partial charge is 0.343 e. The molecule has 8 heteroatoms. The summed E-state index contributed by atoms with van der Waals surface area (Å²) < 4.78 is 0. The highest BCUT2D eigenvalue weighted by atomic mass is 32.2. The van der Waals surface area contributed by atoms with Crippen molar-refractivity contribution in [3.8, 4) is 0 Å². The molecule has 0 saturated carbocycles. The smallest absolute Gasteiger partial charge is 0.249 e. The number of nitrogens with one attached hydrogen (secondary N) is 2. The molecule has 0 spiro atoms. The van der Waals surface area contributed by atoms with Gasteiger partial charge in [-0.2, -0.15) is 11.8 Å². The molecule has 0 radical (unpaired) electrons. The van der Waals surface area contributed by atoms with E-state index in [1.165, 1.54) is 11.3 Å². The summed E-state index contributed by atoms with van der Waals surface area (Å²) in [5.41, 5.74) is 0. The van der Waals surface area contributed by atoms with E-state index in [9.17, 15) is 9.59 Å². The molecule has 1 fully saturated rings. The number of carbonyl (C=O) groups is 2. The fourth-order valence-corrected chi connectivity index (χ4v) is 2.92. The first kappa shape index (κ1) is 12.3. The van der Waals surface area contributed by atoms with Crippen molar-refractivity contribution >= 4 is 40.0 Å². The average molecular weight is 272 g/mol. The third-order valence-electron chi connectivity index (χ3n) is 2.17. The Morgan fingerprint density at radius 3 is 3.06 bits per heavy atom. The molecule has 0 bridgehead atoms. The van der Waals surface area contributed by atoms with Crippen molar-refractivity contribution < 1.29 is 9.59 Å². The van der Waals surface area contributed by atoms with Crippen molar-refractivity contribution in [3.05, 3.63) is 5.01 Å². The van der Waals surface area contributed by atoms with Gasteiger partial charge >= 0.3 is 0 Å². The number of anilines is 1. The molecule has 0 aromatic carbocycles. The van der Waals surface area contributed by atoms with Crippen molar-refractivity contribution in [1.29, 1.82) is 0 Å². The van der Waals surface area contributed by atoms with Crippen LogP contribution < -0.4 is 10.6 Å². The summed E-state index contributed by atoms with van der Waals surface area (Å²) in [6, 6.07) is -0.487. The molecule has 1 aliphatic rings. The second-order valence-electron chi connectivity index (χ2n) is 3.56. The maximum absolute atomic E-state index is 11.9. The standard InChI is InChI=1S/C9H12N4O2S2/c1-5-12-13-9(17-5)11-8(15)6-4-16-3-2-7(14)10-6/h6H,2-4H2,1H3,(H,10,14)(H,11,13,15)/t6-/m0/s1. The van der Waals surface area contributed by atoms with E-state index < -0.39 is 6.04 Å². The zero-order valence-electron chi connectivity index (χ0n) is 9.23. The number of rotatable bonds is 2. The fourth-order valence-electron chi connectivity index (χ4n) is 1.36. The Bertz CT molecular complexity index is 434. The lowest BCUT2D eigenvalue weighted by molar-refractivity contribution is -0.125. The van der Waals surface area contributed by atoms with Gasteiger partial charge in [0.1, 0.15) is 11.0 Å². The van der Waals surface area contributed by atoms with Crippen LogP contribution in [0.5, 0.6) is 0 Å². The van der Waals surface area contributed by atoms with Gasteiger partial charge in [-0.3, -0.25) is 14.9 Å². The highest BCUT2D eigenvalue weighted by Gasteiger charge is 2.24. The van der Waals surface area contributed by atoms with Crippen LogP contribution in [-0.2, 0) is 9.59 Å². The minimum absolute atomic E-state index is 0.0800. The second kappa shape index (κ2) is 5.46. The minimum atomic E-state index is -0.487. The summed E-state index contributed by atoms with van der Waals surface area (Å²) in [6.07, 6.45) is 0.465. The molecule has 92 valence electrons. The Morgan fingerprint density at radius 2 is 2.35 bits per heavy atom. The van der Waals surface area contributed by atoms with Crippen molar-refractivity contribution in [2.45, 2.75) is 19.4 Å².